The number of alkyl halides is 2. The number of halogens is 3. The molecule has 0 spiro atoms. The van der Waals surface area contributed by atoms with E-state index in [1.165, 1.54) is 0 Å². The zero-order valence-electron chi connectivity index (χ0n) is 7.45. The molecular weight excluding hydrogens is 211 g/mol. The van der Waals surface area contributed by atoms with Gasteiger partial charge in [0.1, 0.15) is 5.82 Å². The van der Waals surface area contributed by atoms with Crippen molar-refractivity contribution in [1.29, 1.82) is 0 Å². The Morgan fingerprint density at radius 1 is 1.33 bits per heavy atom. The molecule has 0 heterocycles. The highest BCUT2D eigenvalue weighted by Gasteiger charge is 2.45. The smallest absolute Gasteiger partial charge is 0.334 e. The minimum absolute atomic E-state index is 0.341. The molecule has 0 radical (unpaired) electrons. The third-order valence-corrected chi connectivity index (χ3v) is 2.02. The molecule has 0 fully saturated rings. The van der Waals surface area contributed by atoms with Crippen LogP contribution in [0.25, 0.3) is 0 Å². The molecule has 0 amide bonds. The predicted octanol–water partition coefficient (Wildman–Crippen LogP) is 1.33. The molecule has 1 atom stereocenters. The average molecular weight is 219 g/mol. The van der Waals surface area contributed by atoms with Crippen LogP contribution in [0, 0.1) is 5.82 Å². The number of hydrogen-bond donors (Lipinski definition) is 2. The van der Waals surface area contributed by atoms with E-state index in [0.29, 0.717) is 0 Å². The molecular formula is C9H8F3NO2. The third kappa shape index (κ3) is 1.94. The lowest BCUT2D eigenvalue weighted by Crippen LogP contribution is -2.51. The first-order valence-electron chi connectivity index (χ1n) is 3.95. The molecule has 0 aliphatic rings. The van der Waals surface area contributed by atoms with Gasteiger partial charge in [0.05, 0.1) is 0 Å². The van der Waals surface area contributed by atoms with E-state index in [4.69, 9.17) is 10.8 Å². The van der Waals surface area contributed by atoms with Gasteiger partial charge in [0.25, 0.3) is 6.43 Å². The lowest BCUT2D eigenvalue weighted by molar-refractivity contribution is -0.150. The topological polar surface area (TPSA) is 63.3 Å². The minimum Gasteiger partial charge on any atom is -0.479 e. The van der Waals surface area contributed by atoms with Crippen molar-refractivity contribution in [2.75, 3.05) is 0 Å². The van der Waals surface area contributed by atoms with Crippen molar-refractivity contribution >= 4 is 5.97 Å². The van der Waals surface area contributed by atoms with E-state index in [2.05, 4.69) is 0 Å². The molecule has 15 heavy (non-hydrogen) atoms. The average Bonchev–Trinajstić information content (AvgIpc) is 2.17. The fraction of sp³-hybridized carbons (Fsp3) is 0.222. The lowest BCUT2D eigenvalue weighted by Gasteiger charge is -2.23. The van der Waals surface area contributed by atoms with Gasteiger partial charge >= 0.3 is 5.97 Å². The monoisotopic (exact) mass is 219 g/mol. The molecule has 1 unspecified atom stereocenters. The van der Waals surface area contributed by atoms with Crippen molar-refractivity contribution in [2.45, 2.75) is 12.0 Å². The van der Waals surface area contributed by atoms with E-state index in [1.807, 2.05) is 0 Å². The Labute approximate surface area is 83.3 Å². The van der Waals surface area contributed by atoms with Crippen molar-refractivity contribution in [3.8, 4) is 0 Å². The zero-order valence-corrected chi connectivity index (χ0v) is 7.45. The number of nitrogens with two attached hydrogens (primary N) is 1. The third-order valence-electron chi connectivity index (χ3n) is 2.02. The van der Waals surface area contributed by atoms with Crippen LogP contribution in [-0.2, 0) is 10.3 Å². The highest BCUT2D eigenvalue weighted by molar-refractivity contribution is 5.81. The summed E-state index contributed by atoms with van der Waals surface area (Å²) in [6, 6.07) is 3.61. The van der Waals surface area contributed by atoms with Crippen LogP contribution in [0.1, 0.15) is 5.56 Å². The van der Waals surface area contributed by atoms with E-state index in [-0.39, 0.29) is 5.56 Å². The van der Waals surface area contributed by atoms with Crippen LogP contribution >= 0.6 is 0 Å². The summed E-state index contributed by atoms with van der Waals surface area (Å²) in [5.41, 5.74) is 1.94. The van der Waals surface area contributed by atoms with Gasteiger partial charge in [-0.3, -0.25) is 0 Å². The number of carbonyl (C=O) groups is 1. The van der Waals surface area contributed by atoms with Gasteiger partial charge in [-0.2, -0.15) is 0 Å². The second kappa shape index (κ2) is 3.90. The van der Waals surface area contributed by atoms with E-state index in [9.17, 15) is 18.0 Å². The van der Waals surface area contributed by atoms with Crippen LogP contribution < -0.4 is 5.73 Å². The van der Waals surface area contributed by atoms with Crippen LogP contribution in [0.4, 0.5) is 13.2 Å². The van der Waals surface area contributed by atoms with Crippen LogP contribution in [0.5, 0.6) is 0 Å². The molecule has 6 heteroatoms. The van der Waals surface area contributed by atoms with Crippen molar-refractivity contribution < 1.29 is 23.1 Å². The number of rotatable bonds is 3. The van der Waals surface area contributed by atoms with E-state index in [0.717, 1.165) is 24.3 Å². The zero-order chi connectivity index (χ0) is 11.6. The van der Waals surface area contributed by atoms with Crippen LogP contribution in [0.15, 0.2) is 24.3 Å². The Kier molecular flexibility index (Phi) is 2.99. The van der Waals surface area contributed by atoms with Crippen molar-refractivity contribution in [3.05, 3.63) is 35.6 Å². The van der Waals surface area contributed by atoms with Gasteiger partial charge in [-0.15, -0.1) is 0 Å². The highest BCUT2D eigenvalue weighted by atomic mass is 19.3. The molecule has 0 aliphatic heterocycles. The normalized spacial score (nSPS) is 15.0. The number of benzene rings is 1. The summed E-state index contributed by atoms with van der Waals surface area (Å²) >= 11 is 0. The number of hydrogen-bond acceptors (Lipinski definition) is 2. The first kappa shape index (κ1) is 11.5. The summed E-state index contributed by atoms with van der Waals surface area (Å²) in [7, 11) is 0. The second-order valence-electron chi connectivity index (χ2n) is 2.98. The Balaban J connectivity index is 3.22. The standard InChI is InChI=1S/C9H8F3NO2/c10-6-3-1-5(2-4-6)9(13,7(11)12)8(14)15/h1-4,7H,13H2,(H,14,15). The summed E-state index contributed by atoms with van der Waals surface area (Å²) in [6.07, 6.45) is -3.28. The fourth-order valence-electron chi connectivity index (χ4n) is 1.07. The maximum Gasteiger partial charge on any atom is 0.334 e. The maximum atomic E-state index is 12.5. The van der Waals surface area contributed by atoms with Gasteiger partial charge in [0.15, 0.2) is 0 Å². The number of carboxylic acids is 1. The largest absolute Gasteiger partial charge is 0.479 e. The van der Waals surface area contributed by atoms with Crippen molar-refractivity contribution in [2.24, 2.45) is 5.73 Å². The van der Waals surface area contributed by atoms with E-state index in [1.54, 1.807) is 0 Å². The molecule has 0 saturated heterocycles. The molecule has 1 rings (SSSR count). The van der Waals surface area contributed by atoms with Crippen LogP contribution in [-0.4, -0.2) is 17.5 Å². The summed E-state index contributed by atoms with van der Waals surface area (Å²) < 4.78 is 37.5. The van der Waals surface area contributed by atoms with Gasteiger partial charge in [0, 0.05) is 0 Å². The quantitative estimate of drug-likeness (QED) is 0.806. The van der Waals surface area contributed by atoms with Crippen molar-refractivity contribution in [1.82, 2.24) is 0 Å². The van der Waals surface area contributed by atoms with E-state index >= 15 is 0 Å². The lowest BCUT2D eigenvalue weighted by atomic mass is 9.91. The van der Waals surface area contributed by atoms with Crippen LogP contribution in [0.3, 0.4) is 0 Å². The fourth-order valence-corrected chi connectivity index (χ4v) is 1.07. The Bertz CT molecular complexity index is 366. The molecule has 3 N–H and O–H groups in total. The SMILES string of the molecule is NC(C(=O)O)(c1ccc(F)cc1)C(F)F. The molecule has 0 aliphatic carbocycles. The molecule has 1 aromatic rings. The van der Waals surface area contributed by atoms with Gasteiger partial charge in [0.2, 0.25) is 5.54 Å². The van der Waals surface area contributed by atoms with E-state index < -0.39 is 23.8 Å². The first-order chi connectivity index (χ1) is 6.89. The molecule has 3 nitrogen and oxygen atoms in total. The minimum atomic E-state index is -3.28. The molecule has 1 aromatic carbocycles. The Hall–Kier alpha value is -1.56. The highest BCUT2D eigenvalue weighted by Crippen LogP contribution is 2.26. The Morgan fingerprint density at radius 3 is 2.13 bits per heavy atom. The van der Waals surface area contributed by atoms with Gasteiger partial charge in [-0.05, 0) is 17.7 Å². The maximum absolute atomic E-state index is 12.5. The Morgan fingerprint density at radius 2 is 1.80 bits per heavy atom. The molecule has 0 aromatic heterocycles. The summed E-state index contributed by atoms with van der Waals surface area (Å²) in [6.45, 7) is 0. The molecule has 82 valence electrons. The predicted molar refractivity (Wildman–Crippen MR) is 45.9 cm³/mol. The van der Waals surface area contributed by atoms with Gasteiger partial charge < -0.3 is 10.8 Å². The first-order valence-corrected chi connectivity index (χ1v) is 3.95. The van der Waals surface area contributed by atoms with Crippen LogP contribution in [0.2, 0.25) is 0 Å². The van der Waals surface area contributed by atoms with Gasteiger partial charge in [-0.25, -0.2) is 18.0 Å². The molecule has 0 bridgehead atoms. The van der Waals surface area contributed by atoms with Crippen molar-refractivity contribution in [3.63, 3.8) is 0 Å². The molecule has 0 saturated carbocycles. The second-order valence-corrected chi connectivity index (χ2v) is 2.98. The number of aliphatic carboxylic acids is 1. The summed E-state index contributed by atoms with van der Waals surface area (Å²) in [4.78, 5) is 10.6. The summed E-state index contributed by atoms with van der Waals surface area (Å²) in [5, 5.41) is 8.63. The van der Waals surface area contributed by atoms with Gasteiger partial charge in [-0.1, -0.05) is 12.1 Å². The number of carboxylic acid groups (broad SMARTS) is 1. The summed E-state index contributed by atoms with van der Waals surface area (Å²) in [5.74, 6) is -2.51.